The summed E-state index contributed by atoms with van der Waals surface area (Å²) in [6, 6.07) is 21.4. The Balaban J connectivity index is 1.64. The molecule has 2 N–H and O–H groups in total. The number of hydrogen-bond acceptors (Lipinski definition) is 2. The quantitative estimate of drug-likeness (QED) is 0.455. The van der Waals surface area contributed by atoms with Crippen LogP contribution in [0.4, 0.5) is 0 Å². The van der Waals surface area contributed by atoms with Crippen molar-refractivity contribution in [2.24, 2.45) is 5.92 Å². The van der Waals surface area contributed by atoms with Gasteiger partial charge in [-0.25, -0.2) is 0 Å². The van der Waals surface area contributed by atoms with Gasteiger partial charge in [0.15, 0.2) is 0 Å². The summed E-state index contributed by atoms with van der Waals surface area (Å²) < 4.78 is 0. The summed E-state index contributed by atoms with van der Waals surface area (Å²) in [5, 5.41) is 4.87. The number of rotatable bonds is 4. The Kier molecular flexibility index (Phi) is 4.91. The van der Waals surface area contributed by atoms with Gasteiger partial charge in [-0.3, -0.25) is 4.98 Å². The summed E-state index contributed by atoms with van der Waals surface area (Å²) in [6.07, 6.45) is 6.51. The van der Waals surface area contributed by atoms with E-state index >= 15 is 0 Å². The molecule has 146 valence electrons. The molecular formula is C26H27N3. The molecule has 1 saturated heterocycles. The molecule has 0 saturated carbocycles. The maximum atomic E-state index is 4.61. The molecule has 5 rings (SSSR count). The van der Waals surface area contributed by atoms with Crippen LogP contribution in [0.5, 0.6) is 0 Å². The summed E-state index contributed by atoms with van der Waals surface area (Å²) in [4.78, 5) is 8.37. The van der Waals surface area contributed by atoms with E-state index in [0.29, 0.717) is 11.8 Å². The van der Waals surface area contributed by atoms with Crippen LogP contribution in [0.3, 0.4) is 0 Å². The first kappa shape index (κ1) is 18.1. The number of nitrogens with zero attached hydrogens (tertiary/aromatic N) is 1. The van der Waals surface area contributed by atoms with E-state index in [2.05, 4.69) is 82.9 Å². The molecule has 0 aliphatic carbocycles. The average molecular weight is 382 g/mol. The number of pyridine rings is 1. The van der Waals surface area contributed by atoms with Crippen LogP contribution in [-0.2, 0) is 0 Å². The minimum atomic E-state index is 0.464. The zero-order valence-electron chi connectivity index (χ0n) is 16.9. The molecule has 2 unspecified atom stereocenters. The van der Waals surface area contributed by atoms with Gasteiger partial charge < -0.3 is 10.3 Å². The van der Waals surface area contributed by atoms with E-state index in [1.54, 1.807) is 0 Å². The summed E-state index contributed by atoms with van der Waals surface area (Å²) in [7, 11) is 0. The number of aromatic nitrogens is 2. The summed E-state index contributed by atoms with van der Waals surface area (Å²) in [6.45, 7) is 4.62. The highest BCUT2D eigenvalue weighted by Crippen LogP contribution is 2.40. The smallest absolute Gasteiger partial charge is 0.0462 e. The van der Waals surface area contributed by atoms with Crippen molar-refractivity contribution in [1.29, 1.82) is 0 Å². The maximum Gasteiger partial charge on any atom is 0.0462 e. The molecule has 3 heteroatoms. The Morgan fingerprint density at radius 2 is 1.72 bits per heavy atom. The molecule has 0 bridgehead atoms. The lowest BCUT2D eigenvalue weighted by Gasteiger charge is -2.28. The number of para-hydroxylation sites is 1. The summed E-state index contributed by atoms with van der Waals surface area (Å²) in [5.74, 6) is 1.12. The van der Waals surface area contributed by atoms with Crippen molar-refractivity contribution < 1.29 is 0 Å². The molecule has 0 radical (unpaired) electrons. The lowest BCUT2D eigenvalue weighted by Crippen LogP contribution is -2.32. The number of hydrogen-bond donors (Lipinski definition) is 2. The summed E-state index contributed by atoms with van der Waals surface area (Å²) >= 11 is 0. The maximum absolute atomic E-state index is 4.61. The van der Waals surface area contributed by atoms with Crippen molar-refractivity contribution in [2.45, 2.75) is 25.7 Å². The molecule has 29 heavy (non-hydrogen) atoms. The number of H-pyrrole nitrogens is 1. The van der Waals surface area contributed by atoms with Gasteiger partial charge in [-0.1, -0.05) is 55.5 Å². The molecule has 1 aliphatic heterocycles. The zero-order chi connectivity index (χ0) is 19.6. The van der Waals surface area contributed by atoms with Crippen molar-refractivity contribution in [1.82, 2.24) is 15.3 Å². The fourth-order valence-corrected chi connectivity index (χ4v) is 4.72. The minimum absolute atomic E-state index is 0.464. The van der Waals surface area contributed by atoms with Crippen LogP contribution in [0.2, 0.25) is 0 Å². The number of fused-ring (bicyclic) bond motifs is 1. The minimum Gasteiger partial charge on any atom is -0.358 e. The molecule has 0 amide bonds. The molecule has 4 aromatic rings. The zero-order valence-corrected chi connectivity index (χ0v) is 16.9. The van der Waals surface area contributed by atoms with Crippen LogP contribution in [-0.4, -0.2) is 23.1 Å². The predicted molar refractivity (Wildman–Crippen MR) is 121 cm³/mol. The van der Waals surface area contributed by atoms with E-state index < -0.39 is 0 Å². The van der Waals surface area contributed by atoms with Crippen LogP contribution >= 0.6 is 0 Å². The second-order valence-corrected chi connectivity index (χ2v) is 8.18. The highest BCUT2D eigenvalue weighted by atomic mass is 14.9. The van der Waals surface area contributed by atoms with Gasteiger partial charge in [0.1, 0.15) is 0 Å². The highest BCUT2D eigenvalue weighted by Gasteiger charge is 2.26. The predicted octanol–water partition coefficient (Wildman–Crippen LogP) is 6.00. The monoisotopic (exact) mass is 381 g/mol. The van der Waals surface area contributed by atoms with Crippen molar-refractivity contribution in [3.8, 4) is 22.3 Å². The number of aromatic amines is 1. The van der Waals surface area contributed by atoms with E-state index in [1.165, 1.54) is 46.1 Å². The molecule has 3 heterocycles. The largest absolute Gasteiger partial charge is 0.358 e. The SMILES string of the molecule is CC(c1[nH]c2ccccc2c1-c1cncc(-c2ccccc2)c1)C1CCCNC1. The normalized spacial score (nSPS) is 18.0. The first-order chi connectivity index (χ1) is 14.3. The van der Waals surface area contributed by atoms with Crippen LogP contribution in [0, 0.1) is 5.92 Å². The molecule has 0 spiro atoms. The fraction of sp³-hybridized carbons (Fsp3) is 0.269. The van der Waals surface area contributed by atoms with Gasteiger partial charge in [0.25, 0.3) is 0 Å². The molecule has 2 aromatic carbocycles. The van der Waals surface area contributed by atoms with E-state index in [9.17, 15) is 0 Å². The standard InChI is InChI=1S/C26H27N3/c1-18(20-10-7-13-27-15-20)26-25(23-11-5-6-12-24(23)29-26)22-14-21(16-28-17-22)19-8-3-2-4-9-19/h2-6,8-9,11-12,14,16-18,20,27,29H,7,10,13,15H2,1H3. The Hall–Kier alpha value is -2.91. The van der Waals surface area contributed by atoms with Crippen molar-refractivity contribution in [2.75, 3.05) is 13.1 Å². The van der Waals surface area contributed by atoms with E-state index in [1.807, 2.05) is 12.4 Å². The first-order valence-electron chi connectivity index (χ1n) is 10.6. The number of benzene rings is 2. The summed E-state index contributed by atoms with van der Waals surface area (Å²) in [5.41, 5.74) is 7.41. The van der Waals surface area contributed by atoms with Gasteiger partial charge in [-0.05, 0) is 49.5 Å². The van der Waals surface area contributed by atoms with Crippen LogP contribution in [0.1, 0.15) is 31.4 Å². The second-order valence-electron chi connectivity index (χ2n) is 8.18. The number of nitrogens with one attached hydrogen (secondary N) is 2. The van der Waals surface area contributed by atoms with E-state index in [-0.39, 0.29) is 0 Å². The fourth-order valence-electron chi connectivity index (χ4n) is 4.72. The Bertz CT molecular complexity index is 1110. The molecular weight excluding hydrogens is 354 g/mol. The first-order valence-corrected chi connectivity index (χ1v) is 10.6. The van der Waals surface area contributed by atoms with E-state index in [4.69, 9.17) is 0 Å². The molecule has 1 aliphatic rings. The van der Waals surface area contributed by atoms with Crippen LogP contribution in [0.15, 0.2) is 73.1 Å². The molecule has 3 nitrogen and oxygen atoms in total. The highest BCUT2D eigenvalue weighted by molar-refractivity contribution is 5.98. The van der Waals surface area contributed by atoms with Gasteiger partial charge in [-0.15, -0.1) is 0 Å². The third-order valence-electron chi connectivity index (χ3n) is 6.37. The Morgan fingerprint density at radius 1 is 0.931 bits per heavy atom. The third kappa shape index (κ3) is 3.47. The lowest BCUT2D eigenvalue weighted by molar-refractivity contribution is 0.332. The van der Waals surface area contributed by atoms with Gasteiger partial charge in [0, 0.05) is 51.6 Å². The van der Waals surface area contributed by atoms with Gasteiger partial charge in [0.05, 0.1) is 0 Å². The lowest BCUT2D eigenvalue weighted by atomic mass is 9.83. The average Bonchev–Trinajstić information content (AvgIpc) is 3.19. The molecule has 1 fully saturated rings. The van der Waals surface area contributed by atoms with Gasteiger partial charge in [-0.2, -0.15) is 0 Å². The topological polar surface area (TPSA) is 40.7 Å². The van der Waals surface area contributed by atoms with Gasteiger partial charge >= 0.3 is 0 Å². The van der Waals surface area contributed by atoms with Gasteiger partial charge in [0.2, 0.25) is 0 Å². The van der Waals surface area contributed by atoms with Crippen molar-refractivity contribution >= 4 is 10.9 Å². The second kappa shape index (κ2) is 7.84. The van der Waals surface area contributed by atoms with Crippen molar-refractivity contribution in [3.63, 3.8) is 0 Å². The molecule has 2 aromatic heterocycles. The molecule has 2 atom stereocenters. The Labute approximate surface area is 172 Å². The Morgan fingerprint density at radius 3 is 2.55 bits per heavy atom. The third-order valence-corrected chi connectivity index (χ3v) is 6.37. The van der Waals surface area contributed by atoms with Crippen LogP contribution in [0.25, 0.3) is 33.2 Å². The van der Waals surface area contributed by atoms with Crippen molar-refractivity contribution in [3.05, 3.63) is 78.8 Å². The number of piperidine rings is 1. The van der Waals surface area contributed by atoms with Crippen LogP contribution < -0.4 is 5.32 Å². The van der Waals surface area contributed by atoms with E-state index in [0.717, 1.165) is 18.7 Å².